The van der Waals surface area contributed by atoms with Crippen molar-refractivity contribution in [3.05, 3.63) is 23.8 Å². The Labute approximate surface area is 150 Å². The number of anilines is 2. The minimum Gasteiger partial charge on any atom is -0.326 e. The van der Waals surface area contributed by atoms with Crippen molar-refractivity contribution < 1.29 is 9.59 Å². The fraction of sp³-hybridized carbons (Fsp3) is 0.600. The number of aryl methyl sites for hydroxylation is 1. The lowest BCUT2D eigenvalue weighted by atomic mass is 9.96. The van der Waals surface area contributed by atoms with E-state index in [2.05, 4.69) is 10.6 Å². The first-order valence-electron chi connectivity index (χ1n) is 9.56. The molecule has 0 bridgehead atoms. The summed E-state index contributed by atoms with van der Waals surface area (Å²) >= 11 is 0. The van der Waals surface area contributed by atoms with E-state index in [0.717, 1.165) is 36.3 Å². The van der Waals surface area contributed by atoms with Crippen LogP contribution in [-0.4, -0.2) is 29.4 Å². The van der Waals surface area contributed by atoms with Gasteiger partial charge in [0, 0.05) is 30.4 Å². The van der Waals surface area contributed by atoms with E-state index in [4.69, 9.17) is 0 Å². The summed E-state index contributed by atoms with van der Waals surface area (Å²) in [7, 11) is 0. The first-order chi connectivity index (χ1) is 12.1. The molecule has 1 heterocycles. The van der Waals surface area contributed by atoms with E-state index < -0.39 is 0 Å². The van der Waals surface area contributed by atoms with Crippen LogP contribution in [0.1, 0.15) is 57.4 Å². The summed E-state index contributed by atoms with van der Waals surface area (Å²) in [6, 6.07) is 6.04. The van der Waals surface area contributed by atoms with Crippen molar-refractivity contribution in [1.82, 2.24) is 4.90 Å². The summed E-state index contributed by atoms with van der Waals surface area (Å²) in [5.74, 6) is 0.645. The van der Waals surface area contributed by atoms with Crippen molar-refractivity contribution in [2.45, 2.75) is 64.8 Å². The molecule has 25 heavy (non-hydrogen) atoms. The van der Waals surface area contributed by atoms with Gasteiger partial charge in [0.1, 0.15) is 0 Å². The quantitative estimate of drug-likeness (QED) is 0.844. The van der Waals surface area contributed by atoms with Crippen LogP contribution >= 0.6 is 0 Å². The average molecular weight is 343 g/mol. The Bertz CT molecular complexity index is 638. The molecule has 0 radical (unpaired) electrons. The second kappa shape index (κ2) is 7.89. The Hall–Kier alpha value is -2.04. The number of hydrogen-bond acceptors (Lipinski definition) is 2. The summed E-state index contributed by atoms with van der Waals surface area (Å²) in [5, 5.41) is 5.92. The number of nitrogens with zero attached hydrogens (tertiary/aromatic N) is 1. The number of likely N-dealkylation sites (tertiary alicyclic amines) is 1. The molecule has 5 heteroatoms. The van der Waals surface area contributed by atoms with E-state index in [0.29, 0.717) is 18.4 Å². The first kappa shape index (κ1) is 17.8. The molecule has 2 fully saturated rings. The predicted octanol–water partition coefficient (Wildman–Crippen LogP) is 4.53. The maximum atomic E-state index is 12.9. The average Bonchev–Trinajstić information content (AvgIpc) is 3.28. The van der Waals surface area contributed by atoms with Gasteiger partial charge in [-0.1, -0.05) is 25.8 Å². The Morgan fingerprint density at radius 1 is 1.12 bits per heavy atom. The van der Waals surface area contributed by atoms with E-state index >= 15 is 0 Å². The number of hydrogen-bond donors (Lipinski definition) is 2. The summed E-state index contributed by atoms with van der Waals surface area (Å²) in [5.41, 5.74) is 2.50. The van der Waals surface area contributed by atoms with Gasteiger partial charge in [-0.3, -0.25) is 4.79 Å². The second-order valence-corrected chi connectivity index (χ2v) is 7.31. The van der Waals surface area contributed by atoms with Crippen molar-refractivity contribution in [2.75, 3.05) is 17.2 Å². The number of benzene rings is 1. The summed E-state index contributed by atoms with van der Waals surface area (Å²) < 4.78 is 0. The number of urea groups is 1. The van der Waals surface area contributed by atoms with Crippen molar-refractivity contribution in [3.8, 4) is 0 Å². The lowest BCUT2D eigenvalue weighted by molar-refractivity contribution is -0.115. The van der Waals surface area contributed by atoms with Crippen molar-refractivity contribution >= 4 is 23.3 Å². The first-order valence-corrected chi connectivity index (χ1v) is 9.56. The van der Waals surface area contributed by atoms with Crippen LogP contribution < -0.4 is 10.6 Å². The maximum absolute atomic E-state index is 12.9. The SMILES string of the molecule is CCC(=O)Nc1ccc(C)c(NC(=O)N2CCCC2C2CCCC2)c1. The molecule has 2 N–H and O–H groups in total. The molecule has 3 amide bonds. The highest BCUT2D eigenvalue weighted by atomic mass is 16.2. The normalized spacial score (nSPS) is 20.7. The van der Waals surface area contributed by atoms with Crippen molar-refractivity contribution in [1.29, 1.82) is 0 Å². The van der Waals surface area contributed by atoms with Crippen molar-refractivity contribution in [2.24, 2.45) is 5.92 Å². The van der Waals surface area contributed by atoms with E-state index in [1.165, 1.54) is 25.7 Å². The van der Waals surface area contributed by atoms with Crippen LogP contribution in [0.2, 0.25) is 0 Å². The zero-order valence-electron chi connectivity index (χ0n) is 15.3. The van der Waals surface area contributed by atoms with E-state index in [-0.39, 0.29) is 11.9 Å². The standard InChI is InChI=1S/C20H29N3O2/c1-3-19(24)21-16-11-10-14(2)17(13-16)22-20(25)23-12-6-9-18(23)15-7-4-5-8-15/h10-11,13,15,18H,3-9,12H2,1-2H3,(H,21,24)(H,22,25). The Balaban J connectivity index is 1.69. The maximum Gasteiger partial charge on any atom is 0.322 e. The molecule has 1 atom stereocenters. The van der Waals surface area contributed by atoms with Crippen LogP contribution in [0.4, 0.5) is 16.2 Å². The highest BCUT2D eigenvalue weighted by molar-refractivity contribution is 5.94. The minimum absolute atomic E-state index is 0.00327. The fourth-order valence-electron chi connectivity index (χ4n) is 4.15. The van der Waals surface area contributed by atoms with Gasteiger partial charge in [-0.25, -0.2) is 4.79 Å². The third kappa shape index (κ3) is 4.14. The zero-order valence-corrected chi connectivity index (χ0v) is 15.3. The van der Waals surface area contributed by atoms with Gasteiger partial charge < -0.3 is 15.5 Å². The van der Waals surface area contributed by atoms with Gasteiger partial charge in [-0.2, -0.15) is 0 Å². The van der Waals surface area contributed by atoms with E-state index in [1.807, 2.05) is 36.9 Å². The molecule has 1 saturated heterocycles. The molecule has 1 aromatic carbocycles. The largest absolute Gasteiger partial charge is 0.326 e. The number of amides is 3. The molecule has 2 aliphatic rings. The smallest absolute Gasteiger partial charge is 0.322 e. The van der Waals surface area contributed by atoms with Crippen molar-refractivity contribution in [3.63, 3.8) is 0 Å². The Kier molecular flexibility index (Phi) is 5.61. The highest BCUT2D eigenvalue weighted by Gasteiger charge is 2.35. The molecule has 1 unspecified atom stereocenters. The molecule has 0 aromatic heterocycles. The van der Waals surface area contributed by atoms with Crippen LogP contribution in [0.3, 0.4) is 0 Å². The van der Waals surface area contributed by atoms with Crippen LogP contribution in [0, 0.1) is 12.8 Å². The van der Waals surface area contributed by atoms with Crippen LogP contribution in [0.25, 0.3) is 0 Å². The molecule has 1 aromatic rings. The van der Waals surface area contributed by atoms with Gasteiger partial charge in [0.15, 0.2) is 0 Å². The molecule has 0 spiro atoms. The molecular formula is C20H29N3O2. The number of carbonyl (C=O) groups excluding carboxylic acids is 2. The predicted molar refractivity (Wildman–Crippen MR) is 101 cm³/mol. The van der Waals surface area contributed by atoms with Gasteiger partial charge in [-0.15, -0.1) is 0 Å². The topological polar surface area (TPSA) is 61.4 Å². The molecule has 1 aliphatic heterocycles. The second-order valence-electron chi connectivity index (χ2n) is 7.31. The van der Waals surface area contributed by atoms with Crippen LogP contribution in [0.15, 0.2) is 18.2 Å². The lowest BCUT2D eigenvalue weighted by Gasteiger charge is -2.29. The summed E-state index contributed by atoms with van der Waals surface area (Å²) in [6.07, 6.45) is 7.78. The van der Waals surface area contributed by atoms with E-state index in [9.17, 15) is 9.59 Å². The summed E-state index contributed by atoms with van der Waals surface area (Å²) in [6.45, 7) is 4.64. The van der Waals surface area contributed by atoms with Gasteiger partial charge in [-0.05, 0) is 56.2 Å². The Morgan fingerprint density at radius 3 is 2.60 bits per heavy atom. The number of carbonyl (C=O) groups is 2. The lowest BCUT2D eigenvalue weighted by Crippen LogP contribution is -2.42. The molecular weight excluding hydrogens is 314 g/mol. The number of rotatable bonds is 4. The zero-order chi connectivity index (χ0) is 17.8. The molecule has 136 valence electrons. The van der Waals surface area contributed by atoms with Gasteiger partial charge >= 0.3 is 6.03 Å². The Morgan fingerprint density at radius 2 is 1.88 bits per heavy atom. The molecule has 5 nitrogen and oxygen atoms in total. The summed E-state index contributed by atoms with van der Waals surface area (Å²) in [4.78, 5) is 26.5. The van der Waals surface area contributed by atoms with Gasteiger partial charge in [0.2, 0.25) is 5.91 Å². The number of nitrogens with one attached hydrogen (secondary N) is 2. The molecule has 3 rings (SSSR count). The third-order valence-corrected chi connectivity index (χ3v) is 5.59. The fourth-order valence-corrected chi connectivity index (χ4v) is 4.15. The van der Waals surface area contributed by atoms with Crippen LogP contribution in [-0.2, 0) is 4.79 Å². The molecule has 1 aliphatic carbocycles. The van der Waals surface area contributed by atoms with Gasteiger partial charge in [0.25, 0.3) is 0 Å². The highest BCUT2D eigenvalue weighted by Crippen LogP contribution is 2.35. The van der Waals surface area contributed by atoms with E-state index in [1.54, 1.807) is 0 Å². The monoisotopic (exact) mass is 343 g/mol. The van der Waals surface area contributed by atoms with Gasteiger partial charge in [0.05, 0.1) is 0 Å². The van der Waals surface area contributed by atoms with Crippen LogP contribution in [0.5, 0.6) is 0 Å². The minimum atomic E-state index is -0.0260. The third-order valence-electron chi connectivity index (χ3n) is 5.59. The molecule has 1 saturated carbocycles.